The molecule has 0 bridgehead atoms. The van der Waals surface area contributed by atoms with Crippen molar-refractivity contribution in [3.05, 3.63) is 30.3 Å². The number of ether oxygens (including phenoxy) is 1. The van der Waals surface area contributed by atoms with Crippen LogP contribution in [0.25, 0.3) is 0 Å². The SMILES string of the molecule is CCCC(N)C(=O)N(C)CCCOc1ccccc1. The molecule has 19 heavy (non-hydrogen) atoms. The molecule has 0 aliphatic heterocycles. The van der Waals surface area contributed by atoms with Crippen molar-refractivity contribution in [2.24, 2.45) is 5.73 Å². The van der Waals surface area contributed by atoms with Crippen molar-refractivity contribution < 1.29 is 9.53 Å². The summed E-state index contributed by atoms with van der Waals surface area (Å²) in [6, 6.07) is 9.31. The third-order valence-electron chi connectivity index (χ3n) is 2.94. The van der Waals surface area contributed by atoms with E-state index < -0.39 is 0 Å². The van der Waals surface area contributed by atoms with E-state index in [0.29, 0.717) is 13.2 Å². The quantitative estimate of drug-likeness (QED) is 0.731. The van der Waals surface area contributed by atoms with Gasteiger partial charge < -0.3 is 15.4 Å². The van der Waals surface area contributed by atoms with Gasteiger partial charge in [0.1, 0.15) is 5.75 Å². The molecule has 1 rings (SSSR count). The van der Waals surface area contributed by atoms with Crippen LogP contribution < -0.4 is 10.5 Å². The van der Waals surface area contributed by atoms with Gasteiger partial charge >= 0.3 is 0 Å². The molecule has 1 amide bonds. The van der Waals surface area contributed by atoms with Crippen molar-refractivity contribution >= 4 is 5.91 Å². The molecule has 2 N–H and O–H groups in total. The first-order chi connectivity index (χ1) is 9.15. The largest absolute Gasteiger partial charge is 0.494 e. The van der Waals surface area contributed by atoms with Gasteiger partial charge in [-0.15, -0.1) is 0 Å². The van der Waals surface area contributed by atoms with Crippen molar-refractivity contribution in [3.63, 3.8) is 0 Å². The van der Waals surface area contributed by atoms with E-state index >= 15 is 0 Å². The Morgan fingerprint density at radius 2 is 2.05 bits per heavy atom. The maximum Gasteiger partial charge on any atom is 0.239 e. The third-order valence-corrected chi connectivity index (χ3v) is 2.94. The summed E-state index contributed by atoms with van der Waals surface area (Å²) in [5.74, 6) is 0.876. The maximum absolute atomic E-state index is 11.9. The average Bonchev–Trinajstić information content (AvgIpc) is 2.44. The van der Waals surface area contributed by atoms with Crippen molar-refractivity contribution in [2.45, 2.75) is 32.2 Å². The molecule has 0 saturated heterocycles. The summed E-state index contributed by atoms with van der Waals surface area (Å²) in [5, 5.41) is 0. The van der Waals surface area contributed by atoms with Crippen LogP contribution in [0.5, 0.6) is 5.75 Å². The van der Waals surface area contributed by atoms with Crippen LogP contribution >= 0.6 is 0 Å². The van der Waals surface area contributed by atoms with Crippen molar-refractivity contribution in [1.82, 2.24) is 4.90 Å². The van der Waals surface area contributed by atoms with Gasteiger partial charge in [0.2, 0.25) is 5.91 Å². The molecule has 0 heterocycles. The fraction of sp³-hybridized carbons (Fsp3) is 0.533. The summed E-state index contributed by atoms with van der Waals surface area (Å²) in [5.41, 5.74) is 5.80. The zero-order valence-electron chi connectivity index (χ0n) is 11.8. The van der Waals surface area contributed by atoms with Gasteiger partial charge in [-0.1, -0.05) is 31.5 Å². The molecule has 4 nitrogen and oxygen atoms in total. The Morgan fingerprint density at radius 3 is 2.68 bits per heavy atom. The van der Waals surface area contributed by atoms with Crippen molar-refractivity contribution in [3.8, 4) is 5.75 Å². The molecule has 1 aromatic rings. The van der Waals surface area contributed by atoms with Gasteiger partial charge in [-0.25, -0.2) is 0 Å². The zero-order chi connectivity index (χ0) is 14.1. The molecule has 0 saturated carbocycles. The van der Waals surface area contributed by atoms with E-state index in [4.69, 9.17) is 10.5 Å². The third kappa shape index (κ3) is 5.75. The fourth-order valence-corrected chi connectivity index (χ4v) is 1.84. The Labute approximate surface area is 115 Å². The first-order valence-electron chi connectivity index (χ1n) is 6.83. The van der Waals surface area contributed by atoms with E-state index in [1.807, 2.05) is 37.3 Å². The van der Waals surface area contributed by atoms with Crippen LogP contribution in [0.4, 0.5) is 0 Å². The molecule has 4 heteroatoms. The van der Waals surface area contributed by atoms with Gasteiger partial charge in [-0.05, 0) is 25.0 Å². The molecule has 1 atom stereocenters. The lowest BCUT2D eigenvalue weighted by molar-refractivity contribution is -0.131. The number of carbonyl (C=O) groups excluding carboxylic acids is 1. The number of rotatable bonds is 8. The molecule has 0 fully saturated rings. The van der Waals surface area contributed by atoms with Gasteiger partial charge in [-0.3, -0.25) is 4.79 Å². The lowest BCUT2D eigenvalue weighted by Gasteiger charge is -2.21. The molecular formula is C15H24N2O2. The van der Waals surface area contributed by atoms with E-state index in [2.05, 4.69) is 0 Å². The molecule has 0 aromatic heterocycles. The van der Waals surface area contributed by atoms with Gasteiger partial charge in [0.25, 0.3) is 0 Å². The highest BCUT2D eigenvalue weighted by Crippen LogP contribution is 2.08. The van der Waals surface area contributed by atoms with Crippen LogP contribution in [0.3, 0.4) is 0 Å². The number of hydrogen-bond acceptors (Lipinski definition) is 3. The van der Waals surface area contributed by atoms with E-state index in [0.717, 1.165) is 25.0 Å². The van der Waals surface area contributed by atoms with Gasteiger partial charge in [-0.2, -0.15) is 0 Å². The number of carbonyl (C=O) groups is 1. The van der Waals surface area contributed by atoms with Gasteiger partial charge in [0.15, 0.2) is 0 Å². The first kappa shape index (κ1) is 15.5. The molecule has 0 aliphatic carbocycles. The summed E-state index contributed by atoms with van der Waals surface area (Å²) in [6.45, 7) is 3.30. The number of amides is 1. The minimum absolute atomic E-state index is 0.0153. The van der Waals surface area contributed by atoms with E-state index in [1.54, 1.807) is 11.9 Å². The van der Waals surface area contributed by atoms with E-state index in [1.165, 1.54) is 0 Å². The summed E-state index contributed by atoms with van der Waals surface area (Å²) in [4.78, 5) is 13.5. The Bertz CT molecular complexity index is 368. The summed E-state index contributed by atoms with van der Waals surface area (Å²) < 4.78 is 5.57. The molecule has 0 spiro atoms. The second-order valence-corrected chi connectivity index (χ2v) is 4.67. The summed E-state index contributed by atoms with van der Waals surface area (Å²) >= 11 is 0. The van der Waals surface area contributed by atoms with Crippen LogP contribution in [0.15, 0.2) is 30.3 Å². The number of nitrogens with zero attached hydrogens (tertiary/aromatic N) is 1. The zero-order valence-corrected chi connectivity index (χ0v) is 11.8. The monoisotopic (exact) mass is 264 g/mol. The number of hydrogen-bond donors (Lipinski definition) is 1. The Balaban J connectivity index is 2.20. The van der Waals surface area contributed by atoms with Crippen LogP contribution in [-0.4, -0.2) is 37.0 Å². The number of likely N-dealkylation sites (N-methyl/N-ethyl adjacent to an activating group) is 1. The second kappa shape index (κ2) is 8.53. The minimum atomic E-state index is -0.370. The minimum Gasteiger partial charge on any atom is -0.494 e. The molecular weight excluding hydrogens is 240 g/mol. The highest BCUT2D eigenvalue weighted by atomic mass is 16.5. The molecule has 1 aromatic carbocycles. The number of nitrogens with two attached hydrogens (primary N) is 1. The van der Waals surface area contributed by atoms with Gasteiger partial charge in [0.05, 0.1) is 12.6 Å². The summed E-state index contributed by atoms with van der Waals surface area (Å²) in [7, 11) is 1.79. The molecule has 106 valence electrons. The molecule has 0 radical (unpaired) electrons. The van der Waals surface area contributed by atoms with Crippen LogP contribution in [0.2, 0.25) is 0 Å². The fourth-order valence-electron chi connectivity index (χ4n) is 1.84. The van der Waals surface area contributed by atoms with Gasteiger partial charge in [0, 0.05) is 13.6 Å². The Hall–Kier alpha value is -1.55. The normalized spacial score (nSPS) is 11.9. The lowest BCUT2D eigenvalue weighted by Crippen LogP contribution is -2.42. The van der Waals surface area contributed by atoms with Crippen LogP contribution in [0, 0.1) is 0 Å². The lowest BCUT2D eigenvalue weighted by atomic mass is 10.1. The first-order valence-corrected chi connectivity index (χ1v) is 6.83. The topological polar surface area (TPSA) is 55.6 Å². The Morgan fingerprint density at radius 1 is 1.37 bits per heavy atom. The van der Waals surface area contributed by atoms with Crippen LogP contribution in [0.1, 0.15) is 26.2 Å². The number of benzene rings is 1. The summed E-state index contributed by atoms with van der Waals surface area (Å²) in [6.07, 6.45) is 2.47. The second-order valence-electron chi connectivity index (χ2n) is 4.67. The predicted molar refractivity (Wildman–Crippen MR) is 77.1 cm³/mol. The highest BCUT2D eigenvalue weighted by Gasteiger charge is 2.16. The molecule has 1 unspecified atom stereocenters. The maximum atomic E-state index is 11.9. The van der Waals surface area contributed by atoms with Crippen LogP contribution in [-0.2, 0) is 4.79 Å². The average molecular weight is 264 g/mol. The number of para-hydroxylation sites is 1. The van der Waals surface area contributed by atoms with E-state index in [9.17, 15) is 4.79 Å². The van der Waals surface area contributed by atoms with Crippen molar-refractivity contribution in [1.29, 1.82) is 0 Å². The predicted octanol–water partition coefficient (Wildman–Crippen LogP) is 2.04. The Kier molecular flexibility index (Phi) is 6.97. The highest BCUT2D eigenvalue weighted by molar-refractivity contribution is 5.81. The standard InChI is InChI=1S/C15H24N2O2/c1-3-8-14(16)15(18)17(2)11-7-12-19-13-9-5-4-6-10-13/h4-6,9-10,14H,3,7-8,11-12,16H2,1-2H3. The molecule has 0 aliphatic rings. The van der Waals surface area contributed by atoms with E-state index in [-0.39, 0.29) is 11.9 Å². The van der Waals surface area contributed by atoms with Crippen molar-refractivity contribution in [2.75, 3.05) is 20.2 Å². The smallest absolute Gasteiger partial charge is 0.239 e.